The standard InChI is InChI=1S/C21H21N3O7/c1-4-30-16-10-9-13(11-17(16)31-5-2)22-19(25)12(3)23-20(26)14-7-6-8-15(24(28)29)18(14)21(23)27/h6-12H,4-5H2,1-3H3,(H,22,25). The Balaban J connectivity index is 1.83. The fourth-order valence-electron chi connectivity index (χ4n) is 3.28. The molecule has 0 saturated carbocycles. The van der Waals surface area contributed by atoms with Crippen molar-refractivity contribution in [1.82, 2.24) is 4.90 Å². The van der Waals surface area contributed by atoms with Gasteiger partial charge in [0.05, 0.1) is 23.7 Å². The summed E-state index contributed by atoms with van der Waals surface area (Å²) in [6, 6.07) is 7.42. The number of carbonyl (C=O) groups is 3. The van der Waals surface area contributed by atoms with E-state index in [1.807, 2.05) is 13.8 Å². The predicted octanol–water partition coefficient (Wildman–Crippen LogP) is 3.02. The summed E-state index contributed by atoms with van der Waals surface area (Å²) in [5.74, 6) is -1.32. The Labute approximate surface area is 177 Å². The number of anilines is 1. The third-order valence-electron chi connectivity index (χ3n) is 4.70. The van der Waals surface area contributed by atoms with E-state index >= 15 is 0 Å². The minimum absolute atomic E-state index is 0.0986. The van der Waals surface area contributed by atoms with Gasteiger partial charge >= 0.3 is 0 Å². The van der Waals surface area contributed by atoms with E-state index in [-0.39, 0.29) is 11.1 Å². The van der Waals surface area contributed by atoms with E-state index in [9.17, 15) is 24.5 Å². The van der Waals surface area contributed by atoms with E-state index in [4.69, 9.17) is 9.47 Å². The lowest BCUT2D eigenvalue weighted by atomic mass is 10.1. The zero-order valence-electron chi connectivity index (χ0n) is 17.2. The summed E-state index contributed by atoms with van der Waals surface area (Å²) < 4.78 is 11.0. The average Bonchev–Trinajstić information content (AvgIpc) is 3.00. The van der Waals surface area contributed by atoms with Gasteiger partial charge in [0, 0.05) is 17.8 Å². The number of benzene rings is 2. The van der Waals surface area contributed by atoms with Crippen molar-refractivity contribution in [2.24, 2.45) is 0 Å². The first-order valence-electron chi connectivity index (χ1n) is 9.65. The van der Waals surface area contributed by atoms with Crippen LogP contribution in [0, 0.1) is 10.1 Å². The molecule has 0 aliphatic carbocycles. The van der Waals surface area contributed by atoms with Crippen LogP contribution in [0.25, 0.3) is 0 Å². The van der Waals surface area contributed by atoms with Crippen LogP contribution in [-0.4, -0.2) is 46.8 Å². The van der Waals surface area contributed by atoms with Gasteiger partial charge < -0.3 is 14.8 Å². The summed E-state index contributed by atoms with van der Waals surface area (Å²) >= 11 is 0. The lowest BCUT2D eigenvalue weighted by Crippen LogP contribution is -2.45. The van der Waals surface area contributed by atoms with Crippen LogP contribution in [0.15, 0.2) is 36.4 Å². The summed E-state index contributed by atoms with van der Waals surface area (Å²) in [4.78, 5) is 49.5. The molecule has 2 aromatic rings. The van der Waals surface area contributed by atoms with Crippen LogP contribution >= 0.6 is 0 Å². The number of hydrogen-bond acceptors (Lipinski definition) is 7. The molecule has 1 atom stereocenters. The summed E-state index contributed by atoms with van der Waals surface area (Å²) in [5.41, 5.74) is -0.499. The molecule has 0 spiro atoms. The molecule has 1 N–H and O–H groups in total. The van der Waals surface area contributed by atoms with Crippen molar-refractivity contribution in [2.75, 3.05) is 18.5 Å². The number of nitrogens with zero attached hydrogens (tertiary/aromatic N) is 2. The quantitative estimate of drug-likeness (QED) is 0.389. The second-order valence-electron chi connectivity index (χ2n) is 6.63. The molecule has 0 bridgehead atoms. The number of nitro benzene ring substituents is 1. The SMILES string of the molecule is CCOc1ccc(NC(=O)C(C)N2C(=O)c3cccc([N+](=O)[O-])c3C2=O)cc1OCC. The van der Waals surface area contributed by atoms with Gasteiger partial charge in [-0.05, 0) is 39.0 Å². The molecule has 162 valence electrons. The van der Waals surface area contributed by atoms with Gasteiger partial charge in [-0.2, -0.15) is 0 Å². The molecule has 1 unspecified atom stereocenters. The van der Waals surface area contributed by atoms with Gasteiger partial charge in [0.1, 0.15) is 11.6 Å². The van der Waals surface area contributed by atoms with Gasteiger partial charge in [-0.25, -0.2) is 0 Å². The summed E-state index contributed by atoms with van der Waals surface area (Å²) in [5, 5.41) is 13.9. The van der Waals surface area contributed by atoms with Crippen LogP contribution in [0.1, 0.15) is 41.5 Å². The second-order valence-corrected chi connectivity index (χ2v) is 6.63. The maximum absolute atomic E-state index is 12.8. The van der Waals surface area contributed by atoms with Gasteiger partial charge in [-0.15, -0.1) is 0 Å². The van der Waals surface area contributed by atoms with Crippen molar-refractivity contribution in [3.8, 4) is 11.5 Å². The lowest BCUT2D eigenvalue weighted by Gasteiger charge is -2.22. The second kappa shape index (κ2) is 8.82. The number of amides is 3. The molecule has 1 aliphatic heterocycles. The molecule has 10 heteroatoms. The summed E-state index contributed by atoms with van der Waals surface area (Å²) in [7, 11) is 0. The highest BCUT2D eigenvalue weighted by Gasteiger charge is 2.44. The number of imide groups is 1. The van der Waals surface area contributed by atoms with Crippen molar-refractivity contribution >= 4 is 29.1 Å². The average molecular weight is 427 g/mol. The predicted molar refractivity (Wildman–Crippen MR) is 110 cm³/mol. The normalized spacial score (nSPS) is 13.6. The minimum atomic E-state index is -1.20. The number of hydrogen-bond donors (Lipinski definition) is 1. The van der Waals surface area contributed by atoms with E-state index in [2.05, 4.69) is 5.32 Å². The highest BCUT2D eigenvalue weighted by atomic mass is 16.6. The largest absolute Gasteiger partial charge is 0.490 e. The summed E-state index contributed by atoms with van der Waals surface area (Å²) in [6.45, 7) is 5.85. The Kier molecular flexibility index (Phi) is 6.19. The molecule has 10 nitrogen and oxygen atoms in total. The zero-order chi connectivity index (χ0) is 22.7. The molecule has 3 rings (SSSR count). The molecule has 31 heavy (non-hydrogen) atoms. The van der Waals surface area contributed by atoms with Gasteiger partial charge in [0.25, 0.3) is 17.5 Å². The number of fused-ring (bicyclic) bond motifs is 1. The molecule has 3 amide bonds. The molecule has 2 aromatic carbocycles. The number of carbonyl (C=O) groups excluding carboxylic acids is 3. The van der Waals surface area contributed by atoms with Crippen LogP contribution in [0.5, 0.6) is 11.5 Å². The number of nitro groups is 1. The van der Waals surface area contributed by atoms with Crippen LogP contribution in [0.3, 0.4) is 0 Å². The van der Waals surface area contributed by atoms with Crippen molar-refractivity contribution in [3.63, 3.8) is 0 Å². The van der Waals surface area contributed by atoms with Crippen LogP contribution in [0.2, 0.25) is 0 Å². The topological polar surface area (TPSA) is 128 Å². The Morgan fingerprint density at radius 2 is 1.77 bits per heavy atom. The molecule has 1 aliphatic rings. The van der Waals surface area contributed by atoms with Gasteiger partial charge in [-0.3, -0.25) is 29.4 Å². The van der Waals surface area contributed by atoms with E-state index < -0.39 is 34.4 Å². The number of rotatable bonds is 8. The van der Waals surface area contributed by atoms with E-state index in [1.165, 1.54) is 19.1 Å². The molecule has 0 aromatic heterocycles. The molecule has 0 radical (unpaired) electrons. The third kappa shape index (κ3) is 4.04. The fraction of sp³-hybridized carbons (Fsp3) is 0.286. The third-order valence-corrected chi connectivity index (χ3v) is 4.70. The van der Waals surface area contributed by atoms with Crippen molar-refractivity contribution in [1.29, 1.82) is 0 Å². The fourth-order valence-corrected chi connectivity index (χ4v) is 3.28. The van der Waals surface area contributed by atoms with Gasteiger partial charge in [0.15, 0.2) is 11.5 Å². The Bertz CT molecular complexity index is 1070. The van der Waals surface area contributed by atoms with Crippen LogP contribution in [0.4, 0.5) is 11.4 Å². The van der Waals surface area contributed by atoms with Crippen molar-refractivity contribution < 1.29 is 28.8 Å². The van der Waals surface area contributed by atoms with Crippen LogP contribution in [-0.2, 0) is 4.79 Å². The zero-order valence-corrected chi connectivity index (χ0v) is 17.2. The summed E-state index contributed by atoms with van der Waals surface area (Å²) in [6.07, 6.45) is 0. The van der Waals surface area contributed by atoms with Crippen molar-refractivity contribution in [2.45, 2.75) is 26.8 Å². The highest BCUT2D eigenvalue weighted by molar-refractivity contribution is 6.24. The van der Waals surface area contributed by atoms with Crippen molar-refractivity contribution in [3.05, 3.63) is 57.6 Å². The first-order chi connectivity index (χ1) is 14.8. The Morgan fingerprint density at radius 3 is 2.42 bits per heavy atom. The number of ether oxygens (including phenoxy) is 2. The Hall–Kier alpha value is -3.95. The first kappa shape index (κ1) is 21.8. The maximum atomic E-state index is 12.8. The van der Waals surface area contributed by atoms with E-state index in [0.717, 1.165) is 11.0 Å². The molecular formula is C21H21N3O7. The van der Waals surface area contributed by atoms with E-state index in [1.54, 1.807) is 18.2 Å². The highest BCUT2D eigenvalue weighted by Crippen LogP contribution is 2.33. The smallest absolute Gasteiger partial charge is 0.282 e. The molecular weight excluding hydrogens is 406 g/mol. The lowest BCUT2D eigenvalue weighted by molar-refractivity contribution is -0.385. The monoisotopic (exact) mass is 427 g/mol. The van der Waals surface area contributed by atoms with E-state index in [0.29, 0.717) is 30.4 Å². The maximum Gasteiger partial charge on any atom is 0.282 e. The minimum Gasteiger partial charge on any atom is -0.490 e. The van der Waals surface area contributed by atoms with Gasteiger partial charge in [0.2, 0.25) is 5.91 Å². The number of nitrogens with one attached hydrogen (secondary N) is 1. The first-order valence-corrected chi connectivity index (χ1v) is 9.65. The molecule has 0 fully saturated rings. The molecule has 1 heterocycles. The van der Waals surface area contributed by atoms with Crippen LogP contribution < -0.4 is 14.8 Å². The molecule has 0 saturated heterocycles. The van der Waals surface area contributed by atoms with Gasteiger partial charge in [-0.1, -0.05) is 6.07 Å². The Morgan fingerprint density at radius 1 is 1.10 bits per heavy atom.